The molecule has 0 radical (unpaired) electrons. The van der Waals surface area contributed by atoms with E-state index in [1.807, 2.05) is 4.90 Å². The Morgan fingerprint density at radius 2 is 2.29 bits per heavy atom. The van der Waals surface area contributed by atoms with Gasteiger partial charge in [0, 0.05) is 32.7 Å². The van der Waals surface area contributed by atoms with E-state index in [9.17, 15) is 4.79 Å². The number of methoxy groups -OCH3 is 1. The number of carbonyl (C=O) groups is 1. The fourth-order valence-electron chi connectivity index (χ4n) is 2.30. The average Bonchev–Trinajstić information content (AvgIpc) is 2.45. The third-order valence-electron chi connectivity index (χ3n) is 3.40. The molecule has 1 N–H and O–H groups in total. The summed E-state index contributed by atoms with van der Waals surface area (Å²) in [4.78, 5) is 14.0. The number of amides is 1. The topological polar surface area (TPSA) is 41.6 Å². The van der Waals surface area contributed by atoms with Crippen molar-refractivity contribution in [3.63, 3.8) is 0 Å². The molecule has 4 nitrogen and oxygen atoms in total. The van der Waals surface area contributed by atoms with Gasteiger partial charge in [-0.1, -0.05) is 13.8 Å². The molecule has 0 aromatic rings. The maximum Gasteiger partial charge on any atom is 0.222 e. The summed E-state index contributed by atoms with van der Waals surface area (Å²) in [6.07, 6.45) is 2.86. The molecule has 0 saturated carbocycles. The van der Waals surface area contributed by atoms with Crippen molar-refractivity contribution in [3.05, 3.63) is 0 Å². The first kappa shape index (κ1) is 14.5. The van der Waals surface area contributed by atoms with Crippen molar-refractivity contribution in [1.29, 1.82) is 0 Å². The Labute approximate surface area is 105 Å². The van der Waals surface area contributed by atoms with Crippen LogP contribution in [0.15, 0.2) is 0 Å². The van der Waals surface area contributed by atoms with Gasteiger partial charge < -0.3 is 15.0 Å². The van der Waals surface area contributed by atoms with Crippen molar-refractivity contribution >= 4 is 5.91 Å². The van der Waals surface area contributed by atoms with Gasteiger partial charge in [-0.3, -0.25) is 4.79 Å². The largest absolute Gasteiger partial charge is 0.383 e. The lowest BCUT2D eigenvalue weighted by molar-refractivity contribution is -0.131. The standard InChI is InChI=1S/C13H26N2O2/c1-4-14-12(10-17-3)9-15-8-7-11(2)5-6-13(15)16/h11-12,14H,4-10H2,1-3H3. The van der Waals surface area contributed by atoms with E-state index in [-0.39, 0.29) is 6.04 Å². The molecule has 1 fully saturated rings. The van der Waals surface area contributed by atoms with Gasteiger partial charge in [-0.2, -0.15) is 0 Å². The minimum atomic E-state index is 0.252. The highest BCUT2D eigenvalue weighted by Crippen LogP contribution is 2.17. The van der Waals surface area contributed by atoms with Crippen LogP contribution in [0.1, 0.15) is 33.1 Å². The van der Waals surface area contributed by atoms with Crippen LogP contribution in [0.5, 0.6) is 0 Å². The number of hydrogen-bond acceptors (Lipinski definition) is 3. The molecule has 100 valence electrons. The summed E-state index contributed by atoms with van der Waals surface area (Å²) in [7, 11) is 1.71. The van der Waals surface area contributed by atoms with Gasteiger partial charge in [-0.05, 0) is 25.3 Å². The lowest BCUT2D eigenvalue weighted by Gasteiger charge is -2.26. The molecular formula is C13H26N2O2. The lowest BCUT2D eigenvalue weighted by Crippen LogP contribution is -2.45. The average molecular weight is 242 g/mol. The molecule has 1 aliphatic rings. The highest BCUT2D eigenvalue weighted by Gasteiger charge is 2.22. The fraction of sp³-hybridized carbons (Fsp3) is 0.923. The van der Waals surface area contributed by atoms with Gasteiger partial charge >= 0.3 is 0 Å². The van der Waals surface area contributed by atoms with Crippen molar-refractivity contribution < 1.29 is 9.53 Å². The van der Waals surface area contributed by atoms with Crippen LogP contribution in [0.25, 0.3) is 0 Å². The van der Waals surface area contributed by atoms with Gasteiger partial charge in [0.15, 0.2) is 0 Å². The number of rotatable bonds is 6. The van der Waals surface area contributed by atoms with Gasteiger partial charge in [0.05, 0.1) is 6.61 Å². The maximum absolute atomic E-state index is 12.0. The molecule has 0 bridgehead atoms. The molecule has 17 heavy (non-hydrogen) atoms. The van der Waals surface area contributed by atoms with Crippen LogP contribution in [0, 0.1) is 5.92 Å². The van der Waals surface area contributed by atoms with Crippen molar-refractivity contribution in [2.45, 2.75) is 39.2 Å². The molecule has 1 amide bonds. The van der Waals surface area contributed by atoms with Crippen LogP contribution in [0.4, 0.5) is 0 Å². The Bertz CT molecular complexity index is 227. The predicted octanol–water partition coefficient (Wildman–Crippen LogP) is 1.26. The molecule has 0 spiro atoms. The van der Waals surface area contributed by atoms with Crippen LogP contribution in [-0.2, 0) is 9.53 Å². The molecule has 4 heteroatoms. The Hall–Kier alpha value is -0.610. The molecule has 1 heterocycles. The first-order chi connectivity index (χ1) is 8.17. The third-order valence-corrected chi connectivity index (χ3v) is 3.40. The molecule has 0 aromatic heterocycles. The van der Waals surface area contributed by atoms with Gasteiger partial charge in [0.2, 0.25) is 5.91 Å². The number of likely N-dealkylation sites (N-methyl/N-ethyl adjacent to an activating group) is 1. The first-order valence-electron chi connectivity index (χ1n) is 6.67. The van der Waals surface area contributed by atoms with E-state index in [1.165, 1.54) is 0 Å². The molecule has 1 aliphatic heterocycles. The van der Waals surface area contributed by atoms with E-state index < -0.39 is 0 Å². The normalized spacial score (nSPS) is 23.6. The van der Waals surface area contributed by atoms with Crippen molar-refractivity contribution in [2.24, 2.45) is 5.92 Å². The second-order valence-electron chi connectivity index (χ2n) is 4.98. The summed E-state index contributed by atoms with van der Waals surface area (Å²) in [6, 6.07) is 0.252. The quantitative estimate of drug-likeness (QED) is 0.762. The van der Waals surface area contributed by atoms with Crippen LogP contribution >= 0.6 is 0 Å². The van der Waals surface area contributed by atoms with Gasteiger partial charge in [-0.25, -0.2) is 0 Å². The molecule has 1 saturated heterocycles. The minimum Gasteiger partial charge on any atom is -0.383 e. The molecule has 1 rings (SSSR count). The SMILES string of the molecule is CCNC(COC)CN1CCC(C)CCC1=O. The van der Waals surface area contributed by atoms with Gasteiger partial charge in [0.1, 0.15) is 0 Å². The molecule has 2 unspecified atom stereocenters. The van der Waals surface area contributed by atoms with E-state index in [4.69, 9.17) is 4.74 Å². The Balaban J connectivity index is 2.48. The lowest BCUT2D eigenvalue weighted by atomic mass is 10.0. The van der Waals surface area contributed by atoms with Gasteiger partial charge in [-0.15, -0.1) is 0 Å². The minimum absolute atomic E-state index is 0.252. The van der Waals surface area contributed by atoms with Crippen LogP contribution < -0.4 is 5.32 Å². The summed E-state index contributed by atoms with van der Waals surface area (Å²) in [6.45, 7) is 7.54. The highest BCUT2D eigenvalue weighted by atomic mass is 16.5. The summed E-state index contributed by atoms with van der Waals surface area (Å²) >= 11 is 0. The number of ether oxygens (including phenoxy) is 1. The maximum atomic E-state index is 12.0. The van der Waals surface area contributed by atoms with Crippen molar-refractivity contribution in [2.75, 3.05) is 33.4 Å². The van der Waals surface area contributed by atoms with Crippen LogP contribution in [-0.4, -0.2) is 50.2 Å². The monoisotopic (exact) mass is 242 g/mol. The molecule has 0 aliphatic carbocycles. The summed E-state index contributed by atoms with van der Waals surface area (Å²) in [5.41, 5.74) is 0. The van der Waals surface area contributed by atoms with Crippen LogP contribution in [0.3, 0.4) is 0 Å². The number of nitrogens with one attached hydrogen (secondary N) is 1. The Morgan fingerprint density at radius 3 is 2.94 bits per heavy atom. The third kappa shape index (κ3) is 5.04. The first-order valence-corrected chi connectivity index (χ1v) is 6.67. The number of carbonyl (C=O) groups excluding carboxylic acids is 1. The zero-order valence-corrected chi connectivity index (χ0v) is 11.4. The van der Waals surface area contributed by atoms with E-state index in [0.717, 1.165) is 32.5 Å². The Kier molecular flexibility index (Phi) is 6.52. The molecule has 2 atom stereocenters. The zero-order valence-electron chi connectivity index (χ0n) is 11.4. The number of hydrogen-bond donors (Lipinski definition) is 1. The van der Waals surface area contributed by atoms with Gasteiger partial charge in [0.25, 0.3) is 0 Å². The smallest absolute Gasteiger partial charge is 0.222 e. The fourth-order valence-corrected chi connectivity index (χ4v) is 2.30. The van der Waals surface area contributed by atoms with E-state index in [0.29, 0.717) is 24.9 Å². The molecule has 0 aromatic carbocycles. The zero-order chi connectivity index (χ0) is 12.7. The van der Waals surface area contributed by atoms with Crippen molar-refractivity contribution in [1.82, 2.24) is 10.2 Å². The van der Waals surface area contributed by atoms with E-state index in [2.05, 4.69) is 19.2 Å². The Morgan fingerprint density at radius 1 is 1.53 bits per heavy atom. The summed E-state index contributed by atoms with van der Waals surface area (Å²) < 4.78 is 5.19. The second-order valence-corrected chi connectivity index (χ2v) is 4.98. The van der Waals surface area contributed by atoms with E-state index in [1.54, 1.807) is 7.11 Å². The summed E-state index contributed by atoms with van der Waals surface area (Å²) in [5.74, 6) is 0.970. The molecular weight excluding hydrogens is 216 g/mol. The summed E-state index contributed by atoms with van der Waals surface area (Å²) in [5, 5.41) is 3.36. The highest BCUT2D eigenvalue weighted by molar-refractivity contribution is 5.76. The number of likely N-dealkylation sites (tertiary alicyclic amines) is 1. The number of nitrogens with zero attached hydrogens (tertiary/aromatic N) is 1. The predicted molar refractivity (Wildman–Crippen MR) is 68.9 cm³/mol. The second kappa shape index (κ2) is 7.67. The van der Waals surface area contributed by atoms with Crippen LogP contribution in [0.2, 0.25) is 0 Å². The van der Waals surface area contributed by atoms with E-state index >= 15 is 0 Å². The van der Waals surface area contributed by atoms with Crippen molar-refractivity contribution in [3.8, 4) is 0 Å².